The second kappa shape index (κ2) is 5.87. The van der Waals surface area contributed by atoms with Crippen LogP contribution in [-0.2, 0) is 6.54 Å². The lowest BCUT2D eigenvalue weighted by Gasteiger charge is -2.14. The van der Waals surface area contributed by atoms with Gasteiger partial charge in [0.05, 0.1) is 25.3 Å². The van der Waals surface area contributed by atoms with Gasteiger partial charge in [0, 0.05) is 6.07 Å². The fourth-order valence-electron chi connectivity index (χ4n) is 1.66. The lowest BCUT2D eigenvalue weighted by atomic mass is 10.1. The highest BCUT2D eigenvalue weighted by molar-refractivity contribution is 5.61. The summed E-state index contributed by atoms with van der Waals surface area (Å²) in [4.78, 5) is 4.00. The van der Waals surface area contributed by atoms with E-state index >= 15 is 0 Å². The number of hydrogen-bond donors (Lipinski definition) is 1. The van der Waals surface area contributed by atoms with Gasteiger partial charge in [-0.2, -0.15) is 4.98 Å². The third kappa shape index (κ3) is 2.88. The minimum absolute atomic E-state index is 0.0768. The van der Waals surface area contributed by atoms with E-state index in [0.717, 1.165) is 0 Å². The van der Waals surface area contributed by atoms with Gasteiger partial charge >= 0.3 is 0 Å². The third-order valence-corrected chi connectivity index (χ3v) is 2.50. The van der Waals surface area contributed by atoms with Crippen LogP contribution in [0.3, 0.4) is 0 Å². The molecule has 1 aromatic heterocycles. The molecule has 108 valence electrons. The summed E-state index contributed by atoms with van der Waals surface area (Å²) in [5, 5.41) is 3.69. The zero-order valence-electron chi connectivity index (χ0n) is 11.5. The summed E-state index contributed by atoms with van der Waals surface area (Å²) < 4.78 is 29.6. The van der Waals surface area contributed by atoms with Gasteiger partial charge < -0.3 is 19.7 Å². The summed E-state index contributed by atoms with van der Waals surface area (Å²) in [6.07, 6.45) is -0.0768. The number of ether oxygens (including phenoxy) is 2. The SMILES string of the molecule is COc1cc(F)c(-c2noc(CN)n2)cc1OC(C)C. The third-order valence-electron chi connectivity index (χ3n) is 2.50. The fourth-order valence-corrected chi connectivity index (χ4v) is 1.66. The van der Waals surface area contributed by atoms with Gasteiger partial charge in [0.2, 0.25) is 11.7 Å². The maximum absolute atomic E-state index is 14.1. The van der Waals surface area contributed by atoms with Gasteiger partial charge in [-0.25, -0.2) is 4.39 Å². The Labute approximate surface area is 115 Å². The Hall–Kier alpha value is -2.15. The number of hydrogen-bond acceptors (Lipinski definition) is 6. The zero-order valence-corrected chi connectivity index (χ0v) is 11.5. The molecule has 1 aromatic carbocycles. The van der Waals surface area contributed by atoms with Crippen molar-refractivity contribution in [3.63, 3.8) is 0 Å². The van der Waals surface area contributed by atoms with E-state index in [9.17, 15) is 4.39 Å². The van der Waals surface area contributed by atoms with E-state index in [1.807, 2.05) is 13.8 Å². The quantitative estimate of drug-likeness (QED) is 0.903. The van der Waals surface area contributed by atoms with Crippen molar-refractivity contribution in [2.45, 2.75) is 26.5 Å². The zero-order chi connectivity index (χ0) is 14.7. The number of methoxy groups -OCH3 is 1. The molecule has 0 aliphatic rings. The van der Waals surface area contributed by atoms with Gasteiger partial charge in [0.25, 0.3) is 0 Å². The summed E-state index contributed by atoms with van der Waals surface area (Å²) in [6.45, 7) is 3.83. The Morgan fingerprint density at radius 1 is 1.35 bits per heavy atom. The predicted molar refractivity (Wildman–Crippen MR) is 69.9 cm³/mol. The van der Waals surface area contributed by atoms with Crippen LogP contribution in [0.4, 0.5) is 4.39 Å². The van der Waals surface area contributed by atoms with Crippen molar-refractivity contribution >= 4 is 0 Å². The first kappa shape index (κ1) is 14.3. The van der Waals surface area contributed by atoms with Gasteiger partial charge in [0.15, 0.2) is 11.5 Å². The summed E-state index contributed by atoms with van der Waals surface area (Å²) in [5.74, 6) is 0.559. The molecule has 2 N–H and O–H groups in total. The molecular formula is C13H16FN3O3. The standard InChI is InChI=1S/C13H16FN3O3/c1-7(2)19-11-4-8(9(14)5-10(11)18-3)13-16-12(6-15)20-17-13/h4-5,7H,6,15H2,1-3H3. The topological polar surface area (TPSA) is 83.4 Å². The Morgan fingerprint density at radius 3 is 2.65 bits per heavy atom. The van der Waals surface area contributed by atoms with E-state index in [0.29, 0.717) is 11.5 Å². The van der Waals surface area contributed by atoms with E-state index in [1.165, 1.54) is 19.2 Å². The molecule has 0 saturated carbocycles. The molecule has 2 rings (SSSR count). The maximum Gasteiger partial charge on any atom is 0.240 e. The highest BCUT2D eigenvalue weighted by Crippen LogP contribution is 2.34. The first-order valence-electron chi connectivity index (χ1n) is 6.12. The van der Waals surface area contributed by atoms with Crippen LogP contribution < -0.4 is 15.2 Å². The second-order valence-electron chi connectivity index (χ2n) is 4.37. The number of aromatic nitrogens is 2. The van der Waals surface area contributed by atoms with Crippen LogP contribution in [0.15, 0.2) is 16.7 Å². The maximum atomic E-state index is 14.1. The van der Waals surface area contributed by atoms with Gasteiger partial charge in [-0.05, 0) is 19.9 Å². The second-order valence-corrected chi connectivity index (χ2v) is 4.37. The average Bonchev–Trinajstić information content (AvgIpc) is 2.88. The molecule has 0 spiro atoms. The van der Waals surface area contributed by atoms with E-state index in [4.69, 9.17) is 19.7 Å². The molecule has 0 aliphatic carbocycles. The number of halogens is 1. The molecule has 0 amide bonds. The van der Waals surface area contributed by atoms with Gasteiger partial charge in [-0.1, -0.05) is 5.16 Å². The molecule has 0 saturated heterocycles. The molecule has 1 heterocycles. The van der Waals surface area contributed by atoms with Crippen LogP contribution in [0.5, 0.6) is 11.5 Å². The molecule has 0 aliphatic heterocycles. The van der Waals surface area contributed by atoms with Crippen LogP contribution in [0.1, 0.15) is 19.7 Å². The number of nitrogens with two attached hydrogens (primary N) is 1. The summed E-state index contributed by atoms with van der Waals surface area (Å²) in [7, 11) is 1.45. The van der Waals surface area contributed by atoms with Crippen LogP contribution in [0.2, 0.25) is 0 Å². The van der Waals surface area contributed by atoms with E-state index in [-0.39, 0.29) is 29.9 Å². The molecule has 0 bridgehead atoms. The van der Waals surface area contributed by atoms with Crippen LogP contribution in [0, 0.1) is 5.82 Å². The average molecular weight is 281 g/mol. The predicted octanol–water partition coefficient (Wildman–Crippen LogP) is 2.13. The number of nitrogens with zero attached hydrogens (tertiary/aromatic N) is 2. The van der Waals surface area contributed by atoms with Gasteiger partial charge in [-0.3, -0.25) is 0 Å². The summed E-state index contributed by atoms with van der Waals surface area (Å²) in [5.41, 5.74) is 5.56. The Kier molecular flexibility index (Phi) is 4.19. The molecule has 0 atom stereocenters. The van der Waals surface area contributed by atoms with Crippen molar-refractivity contribution in [3.8, 4) is 22.9 Å². The van der Waals surface area contributed by atoms with Crippen molar-refractivity contribution in [2.24, 2.45) is 5.73 Å². The summed E-state index contributed by atoms with van der Waals surface area (Å²) in [6, 6.07) is 2.71. The molecular weight excluding hydrogens is 265 g/mol. The van der Waals surface area contributed by atoms with Crippen molar-refractivity contribution < 1.29 is 18.4 Å². The molecule has 6 nitrogen and oxygen atoms in total. The van der Waals surface area contributed by atoms with Crippen molar-refractivity contribution in [1.82, 2.24) is 10.1 Å². The Balaban J connectivity index is 2.47. The van der Waals surface area contributed by atoms with E-state index in [2.05, 4.69) is 10.1 Å². The fraction of sp³-hybridized carbons (Fsp3) is 0.385. The monoisotopic (exact) mass is 281 g/mol. The first-order valence-corrected chi connectivity index (χ1v) is 6.12. The van der Waals surface area contributed by atoms with Crippen molar-refractivity contribution in [2.75, 3.05) is 7.11 Å². The van der Waals surface area contributed by atoms with Gasteiger partial charge in [0.1, 0.15) is 5.82 Å². The minimum Gasteiger partial charge on any atom is -0.493 e. The molecule has 0 unspecified atom stereocenters. The highest BCUT2D eigenvalue weighted by Gasteiger charge is 2.18. The molecule has 0 radical (unpaired) electrons. The Bertz CT molecular complexity index is 599. The minimum atomic E-state index is -0.526. The highest BCUT2D eigenvalue weighted by atomic mass is 19.1. The number of benzene rings is 1. The molecule has 0 fully saturated rings. The molecule has 7 heteroatoms. The normalized spacial score (nSPS) is 10.9. The lowest BCUT2D eigenvalue weighted by molar-refractivity contribution is 0.229. The largest absolute Gasteiger partial charge is 0.493 e. The molecule has 20 heavy (non-hydrogen) atoms. The Morgan fingerprint density at radius 2 is 2.10 bits per heavy atom. The van der Waals surface area contributed by atoms with E-state index < -0.39 is 5.82 Å². The summed E-state index contributed by atoms with van der Waals surface area (Å²) >= 11 is 0. The lowest BCUT2D eigenvalue weighted by Crippen LogP contribution is -2.07. The van der Waals surface area contributed by atoms with Crippen LogP contribution >= 0.6 is 0 Å². The van der Waals surface area contributed by atoms with Crippen molar-refractivity contribution in [3.05, 3.63) is 23.8 Å². The van der Waals surface area contributed by atoms with Crippen LogP contribution in [0.25, 0.3) is 11.4 Å². The van der Waals surface area contributed by atoms with Crippen molar-refractivity contribution in [1.29, 1.82) is 0 Å². The van der Waals surface area contributed by atoms with E-state index in [1.54, 1.807) is 0 Å². The number of rotatable bonds is 5. The van der Waals surface area contributed by atoms with Crippen LogP contribution in [-0.4, -0.2) is 23.4 Å². The van der Waals surface area contributed by atoms with Gasteiger partial charge in [-0.15, -0.1) is 0 Å². The molecule has 2 aromatic rings. The first-order chi connectivity index (χ1) is 9.55. The smallest absolute Gasteiger partial charge is 0.240 e.